The van der Waals surface area contributed by atoms with Gasteiger partial charge in [0, 0.05) is 26.4 Å². The molecule has 0 spiro atoms. The van der Waals surface area contributed by atoms with E-state index in [1.807, 2.05) is 20.8 Å². The lowest BCUT2D eigenvalue weighted by atomic mass is 10.1. The summed E-state index contributed by atoms with van der Waals surface area (Å²) >= 11 is 0. The number of carbonyl (C=O) groups excluding carboxylic acids is 1. The maximum absolute atomic E-state index is 14.4. The van der Waals surface area contributed by atoms with Gasteiger partial charge in [-0.1, -0.05) is 6.92 Å². The van der Waals surface area contributed by atoms with Crippen LogP contribution in [0.4, 0.5) is 10.2 Å². The van der Waals surface area contributed by atoms with Gasteiger partial charge in [-0.2, -0.15) is 0 Å². The summed E-state index contributed by atoms with van der Waals surface area (Å²) in [5, 5.41) is 2.89. The number of amides is 1. The van der Waals surface area contributed by atoms with Crippen LogP contribution in [0.1, 0.15) is 37.6 Å². The Morgan fingerprint density at radius 3 is 2.81 bits per heavy atom. The number of carbonyl (C=O) groups is 1. The molecule has 1 N–H and O–H groups in total. The molecule has 1 heterocycles. The summed E-state index contributed by atoms with van der Waals surface area (Å²) in [6.07, 6.45) is 2.30. The van der Waals surface area contributed by atoms with Crippen LogP contribution in [-0.2, 0) is 4.74 Å². The maximum atomic E-state index is 14.4. The van der Waals surface area contributed by atoms with E-state index in [0.717, 1.165) is 6.42 Å². The lowest BCUT2D eigenvalue weighted by Crippen LogP contribution is -2.41. The zero-order valence-corrected chi connectivity index (χ0v) is 13.1. The van der Waals surface area contributed by atoms with E-state index in [4.69, 9.17) is 4.74 Å². The SMILES string of the molecule is CCCNc1nccc(C(=O)N(CC)C(C)COC)c1F. The molecule has 0 fully saturated rings. The third-order valence-corrected chi connectivity index (χ3v) is 3.20. The molecule has 0 aliphatic heterocycles. The van der Waals surface area contributed by atoms with Gasteiger partial charge in [-0.15, -0.1) is 0 Å². The summed E-state index contributed by atoms with van der Waals surface area (Å²) in [5.41, 5.74) is 0.0356. The normalized spacial score (nSPS) is 12.0. The molecule has 1 aromatic rings. The van der Waals surface area contributed by atoms with Crippen LogP contribution >= 0.6 is 0 Å². The van der Waals surface area contributed by atoms with Crippen LogP contribution in [-0.4, -0.2) is 48.6 Å². The van der Waals surface area contributed by atoms with Gasteiger partial charge in [0.25, 0.3) is 5.91 Å². The quantitative estimate of drug-likeness (QED) is 0.801. The minimum absolute atomic E-state index is 0.0356. The first-order valence-electron chi connectivity index (χ1n) is 7.25. The van der Waals surface area contributed by atoms with Gasteiger partial charge in [-0.25, -0.2) is 9.37 Å². The molecule has 0 saturated heterocycles. The molecular formula is C15H24FN3O2. The van der Waals surface area contributed by atoms with Gasteiger partial charge in [0.15, 0.2) is 11.6 Å². The summed E-state index contributed by atoms with van der Waals surface area (Å²) < 4.78 is 19.5. The maximum Gasteiger partial charge on any atom is 0.257 e. The smallest absolute Gasteiger partial charge is 0.257 e. The molecule has 0 radical (unpaired) electrons. The lowest BCUT2D eigenvalue weighted by Gasteiger charge is -2.27. The molecule has 0 saturated carbocycles. The topological polar surface area (TPSA) is 54.5 Å². The molecule has 21 heavy (non-hydrogen) atoms. The van der Waals surface area contributed by atoms with Crippen molar-refractivity contribution < 1.29 is 13.9 Å². The lowest BCUT2D eigenvalue weighted by molar-refractivity contribution is 0.0575. The van der Waals surface area contributed by atoms with Gasteiger partial charge in [0.05, 0.1) is 18.2 Å². The van der Waals surface area contributed by atoms with E-state index < -0.39 is 5.82 Å². The highest BCUT2D eigenvalue weighted by Gasteiger charge is 2.24. The van der Waals surface area contributed by atoms with E-state index in [-0.39, 0.29) is 23.3 Å². The average molecular weight is 297 g/mol. The Bertz CT molecular complexity index is 468. The fourth-order valence-corrected chi connectivity index (χ4v) is 2.12. The Labute approximate surface area is 125 Å². The first kappa shape index (κ1) is 17.4. The predicted octanol–water partition coefficient (Wildman–Crippen LogP) is 2.54. The van der Waals surface area contributed by atoms with E-state index in [2.05, 4.69) is 10.3 Å². The highest BCUT2D eigenvalue weighted by atomic mass is 19.1. The fourth-order valence-electron chi connectivity index (χ4n) is 2.12. The second-order valence-electron chi connectivity index (χ2n) is 4.84. The Kier molecular flexibility index (Phi) is 7.08. The van der Waals surface area contributed by atoms with Crippen molar-refractivity contribution in [2.45, 2.75) is 33.2 Å². The number of likely N-dealkylation sites (N-methyl/N-ethyl adjacent to an activating group) is 1. The Balaban J connectivity index is 3.00. The predicted molar refractivity (Wildman–Crippen MR) is 81.0 cm³/mol. The molecule has 0 aliphatic carbocycles. The number of methoxy groups -OCH3 is 1. The average Bonchev–Trinajstić information content (AvgIpc) is 2.47. The molecular weight excluding hydrogens is 273 g/mol. The number of ether oxygens (including phenoxy) is 1. The van der Waals surface area contributed by atoms with Crippen molar-refractivity contribution >= 4 is 11.7 Å². The minimum atomic E-state index is -0.598. The Morgan fingerprint density at radius 2 is 2.24 bits per heavy atom. The van der Waals surface area contributed by atoms with Crippen LogP contribution in [0.15, 0.2) is 12.3 Å². The van der Waals surface area contributed by atoms with Crippen molar-refractivity contribution in [3.63, 3.8) is 0 Å². The standard InChI is InChI=1S/C15H24FN3O2/c1-5-8-17-14-13(16)12(7-9-18-14)15(20)19(6-2)11(3)10-21-4/h7,9,11H,5-6,8,10H2,1-4H3,(H,17,18). The van der Waals surface area contributed by atoms with Crippen LogP contribution in [0, 0.1) is 5.82 Å². The van der Waals surface area contributed by atoms with Crippen molar-refractivity contribution in [3.05, 3.63) is 23.6 Å². The summed E-state index contributed by atoms with van der Waals surface area (Å²) in [7, 11) is 1.58. The highest BCUT2D eigenvalue weighted by Crippen LogP contribution is 2.18. The zero-order valence-electron chi connectivity index (χ0n) is 13.1. The summed E-state index contributed by atoms with van der Waals surface area (Å²) in [6, 6.07) is 1.30. The zero-order chi connectivity index (χ0) is 15.8. The minimum Gasteiger partial charge on any atom is -0.383 e. The molecule has 118 valence electrons. The van der Waals surface area contributed by atoms with Crippen molar-refractivity contribution in [3.8, 4) is 0 Å². The third kappa shape index (κ3) is 4.39. The van der Waals surface area contributed by atoms with Crippen LogP contribution in [0.5, 0.6) is 0 Å². The summed E-state index contributed by atoms with van der Waals surface area (Å²) in [5.74, 6) is -0.821. The van der Waals surface area contributed by atoms with Crippen molar-refractivity contribution in [2.24, 2.45) is 0 Å². The summed E-state index contributed by atoms with van der Waals surface area (Å²) in [4.78, 5) is 18.0. The van der Waals surface area contributed by atoms with E-state index in [0.29, 0.717) is 19.7 Å². The number of anilines is 1. The van der Waals surface area contributed by atoms with E-state index in [1.54, 1.807) is 12.0 Å². The van der Waals surface area contributed by atoms with E-state index in [9.17, 15) is 9.18 Å². The molecule has 1 aromatic heterocycles. The molecule has 6 heteroatoms. The molecule has 1 amide bonds. The van der Waals surface area contributed by atoms with Gasteiger partial charge < -0.3 is 15.0 Å². The first-order chi connectivity index (χ1) is 10.1. The summed E-state index contributed by atoms with van der Waals surface area (Å²) in [6.45, 7) is 7.22. The van der Waals surface area contributed by atoms with Gasteiger partial charge in [0.2, 0.25) is 0 Å². The largest absolute Gasteiger partial charge is 0.383 e. The fraction of sp³-hybridized carbons (Fsp3) is 0.600. The monoisotopic (exact) mass is 297 g/mol. The molecule has 1 rings (SSSR count). The van der Waals surface area contributed by atoms with Crippen molar-refractivity contribution in [2.75, 3.05) is 32.1 Å². The Hall–Kier alpha value is -1.69. The van der Waals surface area contributed by atoms with Gasteiger partial charge in [-0.05, 0) is 26.3 Å². The second kappa shape index (κ2) is 8.56. The van der Waals surface area contributed by atoms with Crippen molar-refractivity contribution in [1.29, 1.82) is 0 Å². The molecule has 0 aromatic carbocycles. The molecule has 0 bridgehead atoms. The number of nitrogens with zero attached hydrogens (tertiary/aromatic N) is 2. The number of hydrogen-bond acceptors (Lipinski definition) is 4. The van der Waals surface area contributed by atoms with Crippen LogP contribution in [0.2, 0.25) is 0 Å². The number of hydrogen-bond donors (Lipinski definition) is 1. The highest BCUT2D eigenvalue weighted by molar-refractivity contribution is 5.95. The molecule has 1 unspecified atom stereocenters. The van der Waals surface area contributed by atoms with Gasteiger partial charge in [0.1, 0.15) is 0 Å². The first-order valence-corrected chi connectivity index (χ1v) is 7.25. The number of halogens is 1. The van der Waals surface area contributed by atoms with Crippen molar-refractivity contribution in [1.82, 2.24) is 9.88 Å². The van der Waals surface area contributed by atoms with Crippen LogP contribution < -0.4 is 5.32 Å². The van der Waals surface area contributed by atoms with E-state index >= 15 is 0 Å². The van der Waals surface area contributed by atoms with Crippen LogP contribution in [0.3, 0.4) is 0 Å². The molecule has 5 nitrogen and oxygen atoms in total. The van der Waals surface area contributed by atoms with Crippen LogP contribution in [0.25, 0.3) is 0 Å². The number of rotatable bonds is 8. The molecule has 1 atom stereocenters. The Morgan fingerprint density at radius 1 is 1.52 bits per heavy atom. The van der Waals surface area contributed by atoms with Gasteiger partial charge in [-0.3, -0.25) is 4.79 Å². The molecule has 0 aliphatic rings. The third-order valence-electron chi connectivity index (χ3n) is 3.20. The number of nitrogens with one attached hydrogen (secondary N) is 1. The van der Waals surface area contributed by atoms with E-state index in [1.165, 1.54) is 12.3 Å². The second-order valence-corrected chi connectivity index (χ2v) is 4.84. The number of pyridine rings is 1. The van der Waals surface area contributed by atoms with Gasteiger partial charge >= 0.3 is 0 Å². The number of aromatic nitrogens is 1.